The third kappa shape index (κ3) is 6.67. The van der Waals surface area contributed by atoms with E-state index in [2.05, 4.69) is 10.6 Å². The lowest BCUT2D eigenvalue weighted by molar-refractivity contribution is -0.124. The quantitative estimate of drug-likeness (QED) is 0.602. The Hall–Kier alpha value is -2.64. The molecular weight excluding hydrogens is 420 g/mol. The van der Waals surface area contributed by atoms with Crippen LogP contribution in [0.25, 0.3) is 0 Å². The number of amides is 1. The maximum absolute atomic E-state index is 12.1. The van der Waals surface area contributed by atoms with Gasteiger partial charge in [-0.05, 0) is 57.0 Å². The molecule has 0 radical (unpaired) electrons. The molecule has 0 spiro atoms. The highest BCUT2D eigenvalue weighted by atomic mass is 35.5. The average Bonchev–Trinajstić information content (AvgIpc) is 3.15. The van der Waals surface area contributed by atoms with Crippen LogP contribution in [-0.2, 0) is 17.9 Å². The van der Waals surface area contributed by atoms with Crippen molar-refractivity contribution in [3.63, 3.8) is 0 Å². The second-order valence-electron chi connectivity index (χ2n) is 8.20. The molecule has 0 unspecified atom stereocenters. The fourth-order valence-electron chi connectivity index (χ4n) is 3.08. The molecule has 0 fully saturated rings. The largest absolute Gasteiger partial charge is 0.490 e. The molecule has 168 valence electrons. The lowest BCUT2D eigenvalue weighted by Gasteiger charge is -2.21. The molecule has 31 heavy (non-hydrogen) atoms. The van der Waals surface area contributed by atoms with Crippen molar-refractivity contribution in [1.82, 2.24) is 10.6 Å². The molecule has 0 aliphatic carbocycles. The minimum Gasteiger partial charge on any atom is -0.490 e. The summed E-state index contributed by atoms with van der Waals surface area (Å²) in [5.41, 5.74) is 1.63. The standard InChI is InChI=1S/C23H29ClN2O5/c1-5-28-20-9-16(12-25-11-15-6-7-18-19(8-15)31-14-30-18)17(24)10-21(20)29-13-22(27)26-23(2,3)4/h6-10,25H,5,11-14H2,1-4H3,(H,26,27). The fourth-order valence-corrected chi connectivity index (χ4v) is 3.30. The SMILES string of the molecule is CCOc1cc(CNCc2ccc3c(c2)OCO3)c(Cl)cc1OCC(=O)NC(C)(C)C. The number of ether oxygens (including phenoxy) is 4. The number of carbonyl (C=O) groups excluding carboxylic acids is 1. The summed E-state index contributed by atoms with van der Waals surface area (Å²) in [6.45, 7) is 9.43. The molecule has 8 heteroatoms. The van der Waals surface area contributed by atoms with Gasteiger partial charge in [-0.25, -0.2) is 0 Å². The van der Waals surface area contributed by atoms with Crippen LogP contribution in [0.4, 0.5) is 0 Å². The molecule has 3 rings (SSSR count). The van der Waals surface area contributed by atoms with Crippen LogP contribution < -0.4 is 29.6 Å². The van der Waals surface area contributed by atoms with Gasteiger partial charge in [-0.1, -0.05) is 17.7 Å². The molecule has 1 amide bonds. The van der Waals surface area contributed by atoms with Crippen LogP contribution in [0.15, 0.2) is 30.3 Å². The summed E-state index contributed by atoms with van der Waals surface area (Å²) < 4.78 is 22.1. The van der Waals surface area contributed by atoms with Gasteiger partial charge in [0, 0.05) is 29.7 Å². The van der Waals surface area contributed by atoms with Gasteiger partial charge in [-0.3, -0.25) is 4.79 Å². The molecule has 0 aromatic heterocycles. The number of rotatable bonds is 9. The Labute approximate surface area is 188 Å². The van der Waals surface area contributed by atoms with Gasteiger partial charge < -0.3 is 29.6 Å². The number of carbonyl (C=O) groups is 1. The summed E-state index contributed by atoms with van der Waals surface area (Å²) in [7, 11) is 0. The van der Waals surface area contributed by atoms with Crippen LogP contribution >= 0.6 is 11.6 Å². The number of hydrogen-bond acceptors (Lipinski definition) is 6. The topological polar surface area (TPSA) is 78.1 Å². The van der Waals surface area contributed by atoms with E-state index in [0.717, 1.165) is 22.6 Å². The molecule has 7 nitrogen and oxygen atoms in total. The van der Waals surface area contributed by atoms with Crippen molar-refractivity contribution in [1.29, 1.82) is 0 Å². The van der Waals surface area contributed by atoms with Crippen LogP contribution in [0.2, 0.25) is 5.02 Å². The Morgan fingerprint density at radius 3 is 2.55 bits per heavy atom. The average molecular weight is 449 g/mol. The van der Waals surface area contributed by atoms with Crippen molar-refractivity contribution < 1.29 is 23.7 Å². The number of nitrogens with one attached hydrogen (secondary N) is 2. The summed E-state index contributed by atoms with van der Waals surface area (Å²) in [4.78, 5) is 12.1. The Kier molecular flexibility index (Phi) is 7.51. The first-order valence-electron chi connectivity index (χ1n) is 10.2. The van der Waals surface area contributed by atoms with E-state index in [1.165, 1.54) is 0 Å². The summed E-state index contributed by atoms with van der Waals surface area (Å²) >= 11 is 6.47. The van der Waals surface area contributed by atoms with Crippen LogP contribution in [-0.4, -0.2) is 31.5 Å². The Morgan fingerprint density at radius 2 is 1.81 bits per heavy atom. The van der Waals surface area contributed by atoms with E-state index in [1.54, 1.807) is 6.07 Å². The molecule has 1 aliphatic rings. The van der Waals surface area contributed by atoms with E-state index in [1.807, 2.05) is 52.0 Å². The molecule has 0 bridgehead atoms. The van der Waals surface area contributed by atoms with E-state index in [0.29, 0.717) is 36.2 Å². The summed E-state index contributed by atoms with van der Waals surface area (Å²) in [6, 6.07) is 9.39. The lowest BCUT2D eigenvalue weighted by Crippen LogP contribution is -2.43. The predicted molar refractivity (Wildman–Crippen MR) is 119 cm³/mol. The lowest BCUT2D eigenvalue weighted by atomic mass is 10.1. The molecule has 0 atom stereocenters. The van der Waals surface area contributed by atoms with Crippen molar-refractivity contribution in [2.45, 2.75) is 46.3 Å². The maximum atomic E-state index is 12.1. The van der Waals surface area contributed by atoms with Gasteiger partial charge >= 0.3 is 0 Å². The Bertz CT molecular complexity index is 927. The first kappa shape index (κ1) is 23.0. The number of hydrogen-bond donors (Lipinski definition) is 2. The van der Waals surface area contributed by atoms with Crippen molar-refractivity contribution in [3.05, 3.63) is 46.5 Å². The molecule has 2 aromatic rings. The van der Waals surface area contributed by atoms with E-state index in [9.17, 15) is 4.79 Å². The first-order valence-corrected chi connectivity index (χ1v) is 10.6. The van der Waals surface area contributed by atoms with Gasteiger partial charge in [0.25, 0.3) is 5.91 Å². The Morgan fingerprint density at radius 1 is 1.06 bits per heavy atom. The van der Waals surface area contributed by atoms with Crippen LogP contribution in [0.3, 0.4) is 0 Å². The van der Waals surface area contributed by atoms with Crippen molar-refractivity contribution in [2.24, 2.45) is 0 Å². The molecule has 1 heterocycles. The van der Waals surface area contributed by atoms with Gasteiger partial charge in [-0.2, -0.15) is 0 Å². The maximum Gasteiger partial charge on any atom is 0.258 e. The smallest absolute Gasteiger partial charge is 0.258 e. The summed E-state index contributed by atoms with van der Waals surface area (Å²) in [5.74, 6) is 2.30. The fraction of sp³-hybridized carbons (Fsp3) is 0.435. The highest BCUT2D eigenvalue weighted by molar-refractivity contribution is 6.31. The number of fused-ring (bicyclic) bond motifs is 1. The molecule has 2 N–H and O–H groups in total. The van der Waals surface area contributed by atoms with E-state index >= 15 is 0 Å². The zero-order chi connectivity index (χ0) is 22.4. The zero-order valence-corrected chi connectivity index (χ0v) is 19.1. The third-order valence-electron chi connectivity index (χ3n) is 4.37. The van der Waals surface area contributed by atoms with Crippen LogP contribution in [0, 0.1) is 0 Å². The second-order valence-corrected chi connectivity index (χ2v) is 8.61. The van der Waals surface area contributed by atoms with Gasteiger partial charge in [0.2, 0.25) is 6.79 Å². The van der Waals surface area contributed by atoms with Crippen molar-refractivity contribution in [2.75, 3.05) is 20.0 Å². The van der Waals surface area contributed by atoms with Gasteiger partial charge in [-0.15, -0.1) is 0 Å². The molecule has 1 aliphatic heterocycles. The van der Waals surface area contributed by atoms with E-state index < -0.39 is 0 Å². The highest BCUT2D eigenvalue weighted by Gasteiger charge is 2.17. The minimum atomic E-state index is -0.325. The third-order valence-corrected chi connectivity index (χ3v) is 4.72. The molecule has 0 saturated heterocycles. The monoisotopic (exact) mass is 448 g/mol. The Balaban J connectivity index is 1.61. The predicted octanol–water partition coefficient (Wildman–Crippen LogP) is 4.05. The van der Waals surface area contributed by atoms with Crippen LogP contribution in [0.1, 0.15) is 38.8 Å². The van der Waals surface area contributed by atoms with E-state index in [-0.39, 0.29) is 24.8 Å². The van der Waals surface area contributed by atoms with Gasteiger partial charge in [0.05, 0.1) is 6.61 Å². The highest BCUT2D eigenvalue weighted by Crippen LogP contribution is 2.34. The van der Waals surface area contributed by atoms with Crippen molar-refractivity contribution >= 4 is 17.5 Å². The normalized spacial score (nSPS) is 12.5. The summed E-state index contributed by atoms with van der Waals surface area (Å²) in [6.07, 6.45) is 0. The minimum absolute atomic E-state index is 0.116. The molecular formula is C23H29ClN2O5. The number of benzene rings is 2. The summed E-state index contributed by atoms with van der Waals surface area (Å²) in [5, 5.41) is 6.77. The number of halogens is 1. The zero-order valence-electron chi connectivity index (χ0n) is 18.3. The van der Waals surface area contributed by atoms with Gasteiger partial charge in [0.15, 0.2) is 29.6 Å². The second kappa shape index (κ2) is 10.1. The molecule has 0 saturated carbocycles. The molecule has 2 aromatic carbocycles. The van der Waals surface area contributed by atoms with Crippen LogP contribution in [0.5, 0.6) is 23.0 Å². The first-order chi connectivity index (χ1) is 14.7. The van der Waals surface area contributed by atoms with E-state index in [4.69, 9.17) is 30.5 Å². The van der Waals surface area contributed by atoms with Crippen molar-refractivity contribution in [3.8, 4) is 23.0 Å². The van der Waals surface area contributed by atoms with Gasteiger partial charge in [0.1, 0.15) is 0 Å².